The molecule has 2 rings (SSSR count). The Morgan fingerprint density at radius 1 is 1.13 bits per heavy atom. The number of carbonyl (C=O) groups is 2. The normalized spacial score (nSPS) is 10.2. The van der Waals surface area contributed by atoms with Crippen LogP contribution in [0.25, 0.3) is 0 Å². The van der Waals surface area contributed by atoms with Crippen molar-refractivity contribution in [3.05, 3.63) is 51.5 Å². The predicted molar refractivity (Wildman–Crippen MR) is 86.0 cm³/mol. The van der Waals surface area contributed by atoms with Crippen molar-refractivity contribution >= 4 is 40.8 Å². The highest BCUT2D eigenvalue weighted by atomic mass is 35.5. The number of aromatic carboxylic acids is 1. The van der Waals surface area contributed by atoms with Gasteiger partial charge in [0, 0.05) is 11.3 Å². The number of ether oxygens (including phenoxy) is 1. The lowest BCUT2D eigenvalue weighted by atomic mass is 10.1. The Hall–Kier alpha value is -2.44. The summed E-state index contributed by atoms with van der Waals surface area (Å²) in [5.41, 5.74) is 0.0487. The highest BCUT2D eigenvalue weighted by molar-refractivity contribution is 6.37. The topological polar surface area (TPSA) is 95.9 Å². The molecule has 0 saturated carbocycles. The summed E-state index contributed by atoms with van der Waals surface area (Å²) in [7, 11) is 1.40. The van der Waals surface area contributed by atoms with Crippen molar-refractivity contribution in [3.8, 4) is 11.5 Å². The molecule has 120 valence electrons. The third-order valence-electron chi connectivity index (χ3n) is 2.95. The molecule has 0 unspecified atom stereocenters. The molecule has 0 aliphatic carbocycles. The highest BCUT2D eigenvalue weighted by Gasteiger charge is 2.15. The van der Waals surface area contributed by atoms with Crippen LogP contribution in [-0.4, -0.2) is 29.2 Å². The van der Waals surface area contributed by atoms with E-state index in [0.29, 0.717) is 0 Å². The fourth-order valence-corrected chi connectivity index (χ4v) is 2.52. The van der Waals surface area contributed by atoms with Crippen LogP contribution in [0.15, 0.2) is 30.3 Å². The molecular weight excluding hydrogens is 345 g/mol. The van der Waals surface area contributed by atoms with Crippen molar-refractivity contribution < 1.29 is 24.5 Å². The molecule has 0 radical (unpaired) electrons. The van der Waals surface area contributed by atoms with Gasteiger partial charge >= 0.3 is 5.97 Å². The van der Waals surface area contributed by atoms with Gasteiger partial charge in [-0.1, -0.05) is 23.2 Å². The van der Waals surface area contributed by atoms with Crippen LogP contribution in [0.5, 0.6) is 11.5 Å². The van der Waals surface area contributed by atoms with Gasteiger partial charge in [-0.25, -0.2) is 4.79 Å². The number of carboxylic acid groups (broad SMARTS) is 1. The van der Waals surface area contributed by atoms with Crippen LogP contribution >= 0.6 is 23.2 Å². The van der Waals surface area contributed by atoms with Gasteiger partial charge in [0.15, 0.2) is 5.75 Å². The van der Waals surface area contributed by atoms with E-state index in [4.69, 9.17) is 33.0 Å². The fourth-order valence-electron chi connectivity index (χ4n) is 1.87. The second kappa shape index (κ2) is 6.76. The molecule has 0 bridgehead atoms. The summed E-state index contributed by atoms with van der Waals surface area (Å²) in [6.45, 7) is 0. The van der Waals surface area contributed by atoms with E-state index in [0.717, 1.165) is 6.07 Å². The Bertz CT molecular complexity index is 768. The number of hydrogen-bond donors (Lipinski definition) is 3. The zero-order chi connectivity index (χ0) is 17.1. The summed E-state index contributed by atoms with van der Waals surface area (Å²) in [5.74, 6) is -2.00. The summed E-state index contributed by atoms with van der Waals surface area (Å²) in [4.78, 5) is 23.2. The van der Waals surface area contributed by atoms with Crippen molar-refractivity contribution in [1.82, 2.24) is 0 Å². The molecular formula is C15H11Cl2NO5. The quantitative estimate of drug-likeness (QED) is 0.727. The molecule has 6 nitrogen and oxygen atoms in total. The summed E-state index contributed by atoms with van der Waals surface area (Å²) in [6, 6.07) is 6.43. The molecule has 0 fully saturated rings. The van der Waals surface area contributed by atoms with Crippen molar-refractivity contribution in [1.29, 1.82) is 0 Å². The predicted octanol–water partition coefficient (Wildman–Crippen LogP) is 3.66. The molecule has 0 aliphatic rings. The zero-order valence-electron chi connectivity index (χ0n) is 11.8. The van der Waals surface area contributed by atoms with E-state index in [1.807, 2.05) is 0 Å². The van der Waals surface area contributed by atoms with E-state index in [-0.39, 0.29) is 32.6 Å². The summed E-state index contributed by atoms with van der Waals surface area (Å²) >= 11 is 11.9. The Kier molecular flexibility index (Phi) is 4.98. The van der Waals surface area contributed by atoms with Gasteiger partial charge in [0.05, 0.1) is 17.2 Å². The molecule has 23 heavy (non-hydrogen) atoms. The monoisotopic (exact) mass is 355 g/mol. The highest BCUT2D eigenvalue weighted by Crippen LogP contribution is 2.34. The maximum Gasteiger partial charge on any atom is 0.339 e. The number of hydrogen-bond acceptors (Lipinski definition) is 4. The van der Waals surface area contributed by atoms with Crippen molar-refractivity contribution in [3.63, 3.8) is 0 Å². The van der Waals surface area contributed by atoms with Gasteiger partial charge in [0.1, 0.15) is 11.3 Å². The molecule has 3 N–H and O–H groups in total. The minimum absolute atomic E-state index is 0.169. The van der Waals surface area contributed by atoms with Crippen LogP contribution in [0.2, 0.25) is 10.0 Å². The average Bonchev–Trinajstić information content (AvgIpc) is 2.48. The van der Waals surface area contributed by atoms with Crippen molar-refractivity contribution in [2.45, 2.75) is 0 Å². The number of phenols is 1. The van der Waals surface area contributed by atoms with Gasteiger partial charge in [-0.05, 0) is 30.3 Å². The van der Waals surface area contributed by atoms with Gasteiger partial charge in [-0.3, -0.25) is 4.79 Å². The SMILES string of the molecule is COc1c(Cl)cc(C(=O)Nc2ccc(O)c(C(=O)O)c2)cc1Cl. The van der Waals surface area contributed by atoms with Crippen LogP contribution in [0.4, 0.5) is 5.69 Å². The first-order chi connectivity index (χ1) is 10.8. The lowest BCUT2D eigenvalue weighted by Gasteiger charge is -2.10. The molecule has 0 saturated heterocycles. The lowest BCUT2D eigenvalue weighted by molar-refractivity contribution is 0.0693. The van der Waals surface area contributed by atoms with Crippen LogP contribution in [0.1, 0.15) is 20.7 Å². The van der Waals surface area contributed by atoms with E-state index in [1.165, 1.54) is 31.4 Å². The van der Waals surface area contributed by atoms with Crippen molar-refractivity contribution in [2.24, 2.45) is 0 Å². The third kappa shape index (κ3) is 3.67. The maximum absolute atomic E-state index is 12.2. The van der Waals surface area contributed by atoms with Crippen LogP contribution in [0.3, 0.4) is 0 Å². The molecule has 8 heteroatoms. The van der Waals surface area contributed by atoms with E-state index >= 15 is 0 Å². The second-order valence-electron chi connectivity index (χ2n) is 4.46. The second-order valence-corrected chi connectivity index (χ2v) is 5.28. The number of carbonyl (C=O) groups excluding carboxylic acids is 1. The summed E-state index contributed by atoms with van der Waals surface area (Å²) < 4.78 is 5.00. The first-order valence-electron chi connectivity index (χ1n) is 6.24. The molecule has 0 heterocycles. The molecule has 2 aromatic rings. The Morgan fingerprint density at radius 2 is 1.74 bits per heavy atom. The Morgan fingerprint density at radius 3 is 2.26 bits per heavy atom. The van der Waals surface area contributed by atoms with E-state index in [9.17, 15) is 14.7 Å². The lowest BCUT2D eigenvalue weighted by Crippen LogP contribution is -2.12. The molecule has 0 aromatic heterocycles. The van der Waals surface area contributed by atoms with Crippen molar-refractivity contribution in [2.75, 3.05) is 12.4 Å². The maximum atomic E-state index is 12.2. The summed E-state index contributed by atoms with van der Waals surface area (Å²) in [5, 5.41) is 21.2. The first-order valence-corrected chi connectivity index (χ1v) is 6.99. The van der Waals surface area contributed by atoms with Gasteiger partial charge in [-0.15, -0.1) is 0 Å². The standard InChI is InChI=1S/C15H11Cl2NO5/c1-23-13-10(16)4-7(5-11(13)17)14(20)18-8-2-3-12(19)9(6-8)15(21)22/h2-6,19H,1H3,(H,18,20)(H,21,22). The van der Waals surface area contributed by atoms with Crippen LogP contribution < -0.4 is 10.1 Å². The Balaban J connectivity index is 2.29. The van der Waals surface area contributed by atoms with Gasteiger partial charge in [0.2, 0.25) is 0 Å². The number of amides is 1. The average molecular weight is 356 g/mol. The number of rotatable bonds is 4. The molecule has 0 aliphatic heterocycles. The van der Waals surface area contributed by atoms with Crippen LogP contribution in [0, 0.1) is 0 Å². The van der Waals surface area contributed by atoms with E-state index in [2.05, 4.69) is 5.32 Å². The van der Waals surface area contributed by atoms with Gasteiger partial charge in [0.25, 0.3) is 5.91 Å². The van der Waals surface area contributed by atoms with E-state index < -0.39 is 17.6 Å². The molecule has 1 amide bonds. The molecule has 0 atom stereocenters. The van der Waals surface area contributed by atoms with E-state index in [1.54, 1.807) is 0 Å². The minimum Gasteiger partial charge on any atom is -0.507 e. The Labute approximate surface area is 141 Å². The number of carboxylic acids is 1. The number of aromatic hydroxyl groups is 1. The zero-order valence-corrected chi connectivity index (χ0v) is 13.3. The molecule has 0 spiro atoms. The summed E-state index contributed by atoms with van der Waals surface area (Å²) in [6.07, 6.45) is 0. The minimum atomic E-state index is -1.31. The number of halogens is 2. The third-order valence-corrected chi connectivity index (χ3v) is 3.51. The van der Waals surface area contributed by atoms with Gasteiger partial charge in [-0.2, -0.15) is 0 Å². The van der Waals surface area contributed by atoms with Crippen LogP contribution in [-0.2, 0) is 0 Å². The number of nitrogens with one attached hydrogen (secondary N) is 1. The largest absolute Gasteiger partial charge is 0.507 e. The number of benzene rings is 2. The fraction of sp³-hybridized carbons (Fsp3) is 0.0667. The number of methoxy groups -OCH3 is 1. The first kappa shape index (κ1) is 16.9. The number of anilines is 1. The smallest absolute Gasteiger partial charge is 0.339 e. The van der Waals surface area contributed by atoms with Gasteiger partial charge < -0.3 is 20.3 Å². The molecule has 2 aromatic carbocycles.